The second-order valence-electron chi connectivity index (χ2n) is 8.88. The number of alkyl halides is 3. The highest BCUT2D eigenvalue weighted by molar-refractivity contribution is 7.89. The molecule has 1 saturated heterocycles. The largest absolute Gasteiger partial charge is 0.401 e. The fourth-order valence-electron chi connectivity index (χ4n) is 4.23. The zero-order valence-corrected chi connectivity index (χ0v) is 20.3. The van der Waals surface area contributed by atoms with Crippen LogP contribution in [0.15, 0.2) is 47.4 Å². The molecule has 1 heterocycles. The van der Waals surface area contributed by atoms with Gasteiger partial charge in [-0.05, 0) is 88.0 Å². The highest BCUT2D eigenvalue weighted by Gasteiger charge is 2.34. The van der Waals surface area contributed by atoms with Crippen LogP contribution in [0, 0.1) is 19.8 Å². The molecule has 0 spiro atoms. The number of aryl methyl sites for hydroxylation is 2. The molecule has 1 atom stereocenters. The Morgan fingerprint density at radius 1 is 1.09 bits per heavy atom. The first kappa shape index (κ1) is 26.2. The number of anilines is 1. The van der Waals surface area contributed by atoms with E-state index < -0.39 is 28.8 Å². The van der Waals surface area contributed by atoms with E-state index in [1.54, 1.807) is 32.0 Å². The lowest BCUT2D eigenvalue weighted by atomic mass is 9.91. The summed E-state index contributed by atoms with van der Waals surface area (Å²) >= 11 is 0. The SMILES string of the molecule is Cc1cc(S(=O)(=O)NC(C)C2CCN(CC(F)(F)F)CC2)ccc1NC(=O)c1ccccc1C. The molecule has 0 radical (unpaired) electrons. The first-order chi connectivity index (χ1) is 15.9. The highest BCUT2D eigenvalue weighted by atomic mass is 32.2. The van der Waals surface area contributed by atoms with Gasteiger partial charge in [-0.3, -0.25) is 9.69 Å². The lowest BCUT2D eigenvalue weighted by Gasteiger charge is -2.35. The number of hydrogen-bond acceptors (Lipinski definition) is 4. The van der Waals surface area contributed by atoms with Gasteiger partial charge < -0.3 is 5.32 Å². The van der Waals surface area contributed by atoms with Crippen molar-refractivity contribution in [1.82, 2.24) is 9.62 Å². The molecule has 0 bridgehead atoms. The van der Waals surface area contributed by atoms with Gasteiger partial charge in [-0.25, -0.2) is 13.1 Å². The fourth-order valence-corrected chi connectivity index (χ4v) is 5.63. The second-order valence-corrected chi connectivity index (χ2v) is 10.6. The molecule has 0 saturated carbocycles. The van der Waals surface area contributed by atoms with Gasteiger partial charge >= 0.3 is 6.18 Å². The molecule has 1 aliphatic heterocycles. The number of rotatable bonds is 7. The summed E-state index contributed by atoms with van der Waals surface area (Å²) in [6.45, 7) is 4.92. The molecule has 2 aromatic rings. The molecule has 1 fully saturated rings. The third-order valence-corrected chi connectivity index (χ3v) is 7.79. The minimum Gasteiger partial charge on any atom is -0.322 e. The van der Waals surface area contributed by atoms with Gasteiger partial charge in [-0.2, -0.15) is 13.2 Å². The summed E-state index contributed by atoms with van der Waals surface area (Å²) in [5.74, 6) is -0.326. The predicted molar refractivity (Wildman–Crippen MR) is 125 cm³/mol. The zero-order valence-electron chi connectivity index (χ0n) is 19.4. The van der Waals surface area contributed by atoms with E-state index >= 15 is 0 Å². The Balaban J connectivity index is 1.62. The third kappa shape index (κ3) is 6.80. The van der Waals surface area contributed by atoms with Gasteiger partial charge in [0.2, 0.25) is 10.0 Å². The van der Waals surface area contributed by atoms with Gasteiger partial charge in [-0.1, -0.05) is 18.2 Å². The number of nitrogens with one attached hydrogen (secondary N) is 2. The van der Waals surface area contributed by atoms with E-state index in [4.69, 9.17) is 0 Å². The van der Waals surface area contributed by atoms with Crippen molar-refractivity contribution in [3.63, 3.8) is 0 Å². The number of likely N-dealkylation sites (tertiary alicyclic amines) is 1. The van der Waals surface area contributed by atoms with Crippen LogP contribution < -0.4 is 10.0 Å². The van der Waals surface area contributed by atoms with Gasteiger partial charge in [0, 0.05) is 17.3 Å². The summed E-state index contributed by atoms with van der Waals surface area (Å²) in [6.07, 6.45) is -3.26. The predicted octanol–water partition coefficient (Wildman–Crippen LogP) is 4.50. The summed E-state index contributed by atoms with van der Waals surface area (Å²) in [7, 11) is -3.83. The Bertz CT molecular complexity index is 1130. The fraction of sp³-hybridized carbons (Fsp3) is 0.458. The molecule has 2 N–H and O–H groups in total. The van der Waals surface area contributed by atoms with Crippen molar-refractivity contribution in [1.29, 1.82) is 0 Å². The number of halogens is 3. The van der Waals surface area contributed by atoms with Gasteiger partial charge in [0.25, 0.3) is 5.91 Å². The average molecular weight is 498 g/mol. The molecule has 1 unspecified atom stereocenters. The average Bonchev–Trinajstić information content (AvgIpc) is 2.74. The van der Waals surface area contributed by atoms with Crippen molar-refractivity contribution in [2.75, 3.05) is 25.0 Å². The van der Waals surface area contributed by atoms with Gasteiger partial charge in [-0.15, -0.1) is 0 Å². The summed E-state index contributed by atoms with van der Waals surface area (Å²) in [6, 6.07) is 11.2. The van der Waals surface area contributed by atoms with Crippen LogP contribution >= 0.6 is 0 Å². The van der Waals surface area contributed by atoms with E-state index in [1.807, 2.05) is 19.1 Å². The maximum Gasteiger partial charge on any atom is 0.401 e. The van der Waals surface area contributed by atoms with Crippen LogP contribution in [-0.2, 0) is 10.0 Å². The lowest BCUT2D eigenvalue weighted by molar-refractivity contribution is -0.148. The Morgan fingerprint density at radius 3 is 2.32 bits per heavy atom. The third-order valence-electron chi connectivity index (χ3n) is 6.23. The second kappa shape index (κ2) is 10.5. The van der Waals surface area contributed by atoms with E-state index in [1.165, 1.54) is 17.0 Å². The van der Waals surface area contributed by atoms with Crippen LogP contribution in [0.25, 0.3) is 0 Å². The number of amides is 1. The number of carbonyl (C=O) groups excluding carboxylic acids is 1. The molecule has 10 heteroatoms. The number of sulfonamides is 1. The van der Waals surface area contributed by atoms with Crippen LogP contribution in [0.1, 0.15) is 41.3 Å². The van der Waals surface area contributed by atoms with Crippen LogP contribution in [0.3, 0.4) is 0 Å². The number of carbonyl (C=O) groups is 1. The summed E-state index contributed by atoms with van der Waals surface area (Å²) < 4.78 is 66.3. The van der Waals surface area contributed by atoms with Gasteiger partial charge in [0.15, 0.2) is 0 Å². The Hall–Kier alpha value is -2.43. The van der Waals surface area contributed by atoms with Crippen molar-refractivity contribution < 1.29 is 26.4 Å². The van der Waals surface area contributed by atoms with Crippen molar-refractivity contribution in [3.8, 4) is 0 Å². The number of piperidine rings is 1. The van der Waals surface area contributed by atoms with Crippen molar-refractivity contribution >= 4 is 21.6 Å². The summed E-state index contributed by atoms with van der Waals surface area (Å²) in [5.41, 5.74) is 2.48. The minimum absolute atomic E-state index is 0.0481. The lowest BCUT2D eigenvalue weighted by Crippen LogP contribution is -2.45. The highest BCUT2D eigenvalue weighted by Crippen LogP contribution is 2.26. The van der Waals surface area contributed by atoms with E-state index in [0.29, 0.717) is 29.7 Å². The van der Waals surface area contributed by atoms with Crippen LogP contribution in [0.2, 0.25) is 0 Å². The molecule has 1 amide bonds. The molecule has 0 aliphatic carbocycles. The Morgan fingerprint density at radius 2 is 1.74 bits per heavy atom. The molecule has 1 aliphatic rings. The smallest absolute Gasteiger partial charge is 0.322 e. The molecule has 186 valence electrons. The molecular formula is C24H30F3N3O3S. The molecular weight excluding hydrogens is 467 g/mol. The molecule has 3 rings (SSSR count). The van der Waals surface area contributed by atoms with Crippen molar-refractivity contribution in [3.05, 3.63) is 59.2 Å². The standard InChI is InChI=1S/C24H30F3N3O3S/c1-16-6-4-5-7-21(16)23(31)28-22-9-8-20(14-17(22)2)34(32,33)29-18(3)19-10-12-30(13-11-19)15-24(25,26)27/h4-9,14,18-19,29H,10-13,15H2,1-3H3,(H,28,31). The topological polar surface area (TPSA) is 78.5 Å². The van der Waals surface area contributed by atoms with Crippen molar-refractivity contribution in [2.24, 2.45) is 5.92 Å². The molecule has 6 nitrogen and oxygen atoms in total. The quantitative estimate of drug-likeness (QED) is 0.591. The van der Waals surface area contributed by atoms with E-state index in [2.05, 4.69) is 10.0 Å². The summed E-state index contributed by atoms with van der Waals surface area (Å²) in [4.78, 5) is 14.0. The van der Waals surface area contributed by atoms with Gasteiger partial charge in [0.05, 0.1) is 11.4 Å². The first-order valence-corrected chi connectivity index (χ1v) is 12.6. The van der Waals surface area contributed by atoms with Crippen LogP contribution in [-0.4, -0.2) is 51.1 Å². The number of benzene rings is 2. The maximum absolute atomic E-state index is 12.9. The summed E-state index contributed by atoms with van der Waals surface area (Å²) in [5, 5.41) is 2.82. The minimum atomic E-state index is -4.23. The monoisotopic (exact) mass is 497 g/mol. The number of nitrogens with zero attached hydrogens (tertiary/aromatic N) is 1. The van der Waals surface area contributed by atoms with Crippen LogP contribution in [0.5, 0.6) is 0 Å². The molecule has 34 heavy (non-hydrogen) atoms. The van der Waals surface area contributed by atoms with Gasteiger partial charge in [0.1, 0.15) is 0 Å². The normalized spacial score (nSPS) is 16.9. The van der Waals surface area contributed by atoms with E-state index in [-0.39, 0.29) is 29.8 Å². The number of hydrogen-bond donors (Lipinski definition) is 2. The first-order valence-electron chi connectivity index (χ1n) is 11.1. The Labute approximate surface area is 198 Å². The van der Waals surface area contributed by atoms with Crippen LogP contribution in [0.4, 0.5) is 18.9 Å². The van der Waals surface area contributed by atoms with E-state index in [9.17, 15) is 26.4 Å². The van der Waals surface area contributed by atoms with E-state index in [0.717, 1.165) is 5.56 Å². The zero-order chi connectivity index (χ0) is 25.1. The molecule has 0 aromatic heterocycles. The molecule has 2 aromatic carbocycles. The maximum atomic E-state index is 12.9. The Kier molecular flexibility index (Phi) is 8.05. The van der Waals surface area contributed by atoms with Crippen molar-refractivity contribution in [2.45, 2.75) is 50.7 Å².